The van der Waals surface area contributed by atoms with Crippen LogP contribution in [0.15, 0.2) is 24.4 Å². The number of nitrogens with zero attached hydrogens (tertiary/aromatic N) is 2. The van der Waals surface area contributed by atoms with Gasteiger partial charge in [-0.05, 0) is 24.5 Å². The molecule has 0 aliphatic carbocycles. The van der Waals surface area contributed by atoms with E-state index in [1.54, 1.807) is 13.0 Å². The summed E-state index contributed by atoms with van der Waals surface area (Å²) in [5.41, 5.74) is -0.296. The van der Waals surface area contributed by atoms with Crippen LogP contribution in [0.5, 0.6) is 0 Å². The largest absolute Gasteiger partial charge is 0.450 e. The smallest absolute Gasteiger partial charge is 0.348 e. The lowest BCUT2D eigenvalue weighted by atomic mass is 9.88. The third kappa shape index (κ3) is 3.08. The van der Waals surface area contributed by atoms with Crippen molar-refractivity contribution in [1.82, 2.24) is 14.7 Å². The molecule has 1 unspecified atom stereocenters. The molecular weight excluding hydrogens is 295 g/mol. The van der Waals surface area contributed by atoms with E-state index < -0.39 is 17.9 Å². The number of fused-ring (bicyclic) bond motifs is 1. The third-order valence-electron chi connectivity index (χ3n) is 3.66. The van der Waals surface area contributed by atoms with E-state index >= 15 is 0 Å². The molecule has 2 aromatic heterocycles. The number of imidazole rings is 1. The highest BCUT2D eigenvalue weighted by atomic mass is 19.4. The summed E-state index contributed by atoms with van der Waals surface area (Å²) in [6.07, 6.45) is -3.38. The van der Waals surface area contributed by atoms with Crippen LogP contribution in [0.1, 0.15) is 44.0 Å². The van der Waals surface area contributed by atoms with Crippen LogP contribution < -0.4 is 5.32 Å². The van der Waals surface area contributed by atoms with Gasteiger partial charge < -0.3 is 5.32 Å². The van der Waals surface area contributed by atoms with E-state index in [1.807, 2.05) is 20.8 Å². The molecule has 1 N–H and O–H groups in total. The van der Waals surface area contributed by atoms with Crippen molar-refractivity contribution in [1.29, 1.82) is 0 Å². The van der Waals surface area contributed by atoms with Crippen molar-refractivity contribution in [3.8, 4) is 0 Å². The van der Waals surface area contributed by atoms with Crippen molar-refractivity contribution in [3.05, 3.63) is 35.9 Å². The van der Waals surface area contributed by atoms with E-state index in [4.69, 9.17) is 0 Å². The van der Waals surface area contributed by atoms with Crippen molar-refractivity contribution in [2.75, 3.05) is 0 Å². The van der Waals surface area contributed by atoms with Crippen molar-refractivity contribution >= 4 is 11.4 Å². The zero-order valence-corrected chi connectivity index (χ0v) is 12.8. The molecule has 0 bridgehead atoms. The second kappa shape index (κ2) is 5.30. The Hall–Kier alpha value is -2.05. The summed E-state index contributed by atoms with van der Waals surface area (Å²) in [5, 5.41) is 2.71. The minimum atomic E-state index is -4.63. The molecule has 0 aliphatic rings. The minimum absolute atomic E-state index is 0.133. The predicted molar refractivity (Wildman–Crippen MR) is 76.6 cm³/mol. The van der Waals surface area contributed by atoms with Crippen LogP contribution in [0.4, 0.5) is 13.2 Å². The number of carbonyl (C=O) groups excluding carboxylic acids is 1. The fourth-order valence-corrected chi connectivity index (χ4v) is 1.89. The maximum absolute atomic E-state index is 13.0. The van der Waals surface area contributed by atoms with Gasteiger partial charge in [-0.1, -0.05) is 26.8 Å². The first-order chi connectivity index (χ1) is 10.0. The molecule has 2 rings (SSSR count). The molecule has 4 nitrogen and oxygen atoms in total. The first-order valence-corrected chi connectivity index (χ1v) is 6.87. The maximum Gasteiger partial charge on any atom is 0.450 e. The lowest BCUT2D eigenvalue weighted by molar-refractivity contribution is -0.145. The van der Waals surface area contributed by atoms with Gasteiger partial charge in [-0.3, -0.25) is 9.20 Å². The van der Waals surface area contributed by atoms with E-state index in [1.165, 1.54) is 18.3 Å². The topological polar surface area (TPSA) is 46.4 Å². The highest BCUT2D eigenvalue weighted by Gasteiger charge is 2.38. The molecule has 1 atom stereocenters. The number of halogens is 3. The number of hydrogen-bond donors (Lipinski definition) is 1. The number of aromatic nitrogens is 2. The summed E-state index contributed by atoms with van der Waals surface area (Å²) in [6.45, 7) is 7.61. The van der Waals surface area contributed by atoms with Crippen molar-refractivity contribution in [2.45, 2.75) is 39.9 Å². The first kappa shape index (κ1) is 16.3. The van der Waals surface area contributed by atoms with Gasteiger partial charge in [-0.15, -0.1) is 0 Å². The zero-order valence-electron chi connectivity index (χ0n) is 12.8. The monoisotopic (exact) mass is 313 g/mol. The van der Waals surface area contributed by atoms with E-state index in [0.29, 0.717) is 0 Å². The molecule has 2 aromatic rings. The van der Waals surface area contributed by atoms with Crippen LogP contribution in [0.3, 0.4) is 0 Å². The number of rotatable bonds is 2. The molecule has 0 fully saturated rings. The number of pyridine rings is 1. The number of amides is 1. The van der Waals surface area contributed by atoms with Crippen LogP contribution in [-0.2, 0) is 6.18 Å². The summed E-state index contributed by atoms with van der Waals surface area (Å²) in [7, 11) is 0. The van der Waals surface area contributed by atoms with Gasteiger partial charge >= 0.3 is 6.18 Å². The van der Waals surface area contributed by atoms with Crippen LogP contribution in [0, 0.1) is 5.41 Å². The molecule has 2 heterocycles. The van der Waals surface area contributed by atoms with Gasteiger partial charge in [0.25, 0.3) is 5.91 Å². The summed E-state index contributed by atoms with van der Waals surface area (Å²) in [4.78, 5) is 15.8. The average molecular weight is 313 g/mol. The van der Waals surface area contributed by atoms with E-state index in [0.717, 1.165) is 4.40 Å². The number of carbonyl (C=O) groups is 1. The quantitative estimate of drug-likeness (QED) is 0.922. The summed E-state index contributed by atoms with van der Waals surface area (Å²) in [6, 6.07) is 4.26. The fourth-order valence-electron chi connectivity index (χ4n) is 1.89. The standard InChI is InChI=1S/C15H18F3N3O/c1-9(14(2,3)4)19-12(22)11-10-7-5-6-8-21(10)13(20-11)15(16,17)18/h5-9H,1-4H3,(H,19,22). The Balaban J connectivity index is 2.46. The van der Waals surface area contributed by atoms with Gasteiger partial charge in [-0.2, -0.15) is 13.2 Å². The second-order valence-electron chi connectivity index (χ2n) is 6.30. The predicted octanol–water partition coefficient (Wildman–Crippen LogP) is 3.52. The molecule has 22 heavy (non-hydrogen) atoms. The van der Waals surface area contributed by atoms with Crippen LogP contribution >= 0.6 is 0 Å². The number of alkyl halides is 3. The van der Waals surface area contributed by atoms with Crippen LogP contribution in [-0.4, -0.2) is 21.3 Å². The van der Waals surface area contributed by atoms with Gasteiger partial charge in [0.1, 0.15) is 0 Å². The molecule has 0 saturated carbocycles. The third-order valence-corrected chi connectivity index (χ3v) is 3.66. The average Bonchev–Trinajstić information content (AvgIpc) is 2.76. The Bertz CT molecular complexity index is 698. The van der Waals surface area contributed by atoms with E-state index in [-0.39, 0.29) is 22.7 Å². The first-order valence-electron chi connectivity index (χ1n) is 6.87. The van der Waals surface area contributed by atoms with Gasteiger partial charge in [0.15, 0.2) is 5.69 Å². The number of hydrogen-bond acceptors (Lipinski definition) is 2. The lowest BCUT2D eigenvalue weighted by Crippen LogP contribution is -2.41. The van der Waals surface area contributed by atoms with Gasteiger partial charge in [0.05, 0.1) is 5.52 Å². The lowest BCUT2D eigenvalue weighted by Gasteiger charge is -2.27. The molecule has 120 valence electrons. The molecule has 0 aliphatic heterocycles. The van der Waals surface area contributed by atoms with Crippen molar-refractivity contribution in [2.24, 2.45) is 5.41 Å². The summed E-state index contributed by atoms with van der Waals surface area (Å²) < 4.78 is 40.0. The molecule has 0 radical (unpaired) electrons. The molecule has 7 heteroatoms. The van der Waals surface area contributed by atoms with Gasteiger partial charge in [0.2, 0.25) is 5.82 Å². The molecule has 1 amide bonds. The Morgan fingerprint density at radius 2 is 1.91 bits per heavy atom. The Labute approximate surface area is 126 Å². The Morgan fingerprint density at radius 3 is 2.45 bits per heavy atom. The van der Waals surface area contributed by atoms with Gasteiger partial charge in [0, 0.05) is 12.2 Å². The zero-order chi connectivity index (χ0) is 16.7. The normalized spacial score (nSPS) is 14.1. The van der Waals surface area contributed by atoms with Crippen LogP contribution in [0.2, 0.25) is 0 Å². The summed E-state index contributed by atoms with van der Waals surface area (Å²) in [5.74, 6) is -1.71. The summed E-state index contributed by atoms with van der Waals surface area (Å²) >= 11 is 0. The minimum Gasteiger partial charge on any atom is -0.348 e. The maximum atomic E-state index is 13.0. The SMILES string of the molecule is CC(NC(=O)c1nc(C(F)(F)F)n2ccccc12)C(C)(C)C. The van der Waals surface area contributed by atoms with Gasteiger partial charge in [-0.25, -0.2) is 4.98 Å². The molecule has 0 saturated heterocycles. The number of nitrogens with one attached hydrogen (secondary N) is 1. The van der Waals surface area contributed by atoms with Crippen molar-refractivity contribution in [3.63, 3.8) is 0 Å². The molecule has 0 spiro atoms. The Kier molecular flexibility index (Phi) is 3.93. The molecule has 0 aromatic carbocycles. The fraction of sp³-hybridized carbons (Fsp3) is 0.467. The van der Waals surface area contributed by atoms with Crippen molar-refractivity contribution < 1.29 is 18.0 Å². The highest BCUT2D eigenvalue weighted by molar-refractivity contribution is 5.99. The Morgan fingerprint density at radius 1 is 1.27 bits per heavy atom. The second-order valence-corrected chi connectivity index (χ2v) is 6.30. The van der Waals surface area contributed by atoms with E-state index in [9.17, 15) is 18.0 Å². The highest BCUT2D eigenvalue weighted by Crippen LogP contribution is 2.30. The molecular formula is C15H18F3N3O. The van der Waals surface area contributed by atoms with Crippen LogP contribution in [0.25, 0.3) is 5.52 Å². The van der Waals surface area contributed by atoms with E-state index in [2.05, 4.69) is 10.3 Å².